The number of ether oxygens (including phenoxy) is 2. The lowest BCUT2D eigenvalue weighted by Gasteiger charge is -2.19. The van der Waals surface area contributed by atoms with Crippen LogP contribution in [0, 0.1) is 0 Å². The Morgan fingerprint density at radius 3 is 2.45 bits per heavy atom. The first-order valence-corrected chi connectivity index (χ1v) is 10.6. The summed E-state index contributed by atoms with van der Waals surface area (Å²) in [6.45, 7) is 5.48. The minimum Gasteiger partial charge on any atom is -0.487 e. The molecule has 168 valence electrons. The average Bonchev–Trinajstić information content (AvgIpc) is 3.09. The fraction of sp³-hybridized carbons (Fsp3) is 0.192. The van der Waals surface area contributed by atoms with E-state index in [2.05, 4.69) is 6.58 Å². The van der Waals surface area contributed by atoms with E-state index < -0.39 is 23.9 Å². The summed E-state index contributed by atoms with van der Waals surface area (Å²) >= 11 is 0. The van der Waals surface area contributed by atoms with Crippen molar-refractivity contribution in [3.8, 4) is 5.75 Å². The van der Waals surface area contributed by atoms with Crippen molar-refractivity contribution in [2.45, 2.75) is 19.4 Å². The predicted molar refractivity (Wildman–Crippen MR) is 124 cm³/mol. The van der Waals surface area contributed by atoms with Gasteiger partial charge in [0.25, 0.3) is 11.8 Å². The molecule has 33 heavy (non-hydrogen) atoms. The number of amides is 2. The summed E-state index contributed by atoms with van der Waals surface area (Å²) in [5.41, 5.74) is 0.736. The van der Waals surface area contributed by atoms with E-state index in [1.807, 2.05) is 24.3 Å². The third kappa shape index (κ3) is 4.23. The van der Waals surface area contributed by atoms with Gasteiger partial charge in [0.05, 0.1) is 28.5 Å². The van der Waals surface area contributed by atoms with E-state index in [1.54, 1.807) is 25.1 Å². The summed E-state index contributed by atoms with van der Waals surface area (Å²) in [7, 11) is 0. The Hall–Kier alpha value is -3.97. The molecule has 7 heteroatoms. The maximum absolute atomic E-state index is 13.3. The van der Waals surface area contributed by atoms with Gasteiger partial charge in [0.2, 0.25) is 0 Å². The molecule has 0 spiro atoms. The molecule has 1 atom stereocenters. The van der Waals surface area contributed by atoms with Gasteiger partial charge in [-0.3, -0.25) is 9.59 Å². The van der Waals surface area contributed by atoms with Crippen molar-refractivity contribution >= 4 is 34.2 Å². The molecule has 0 saturated carbocycles. The number of hydrogen-bond acceptors (Lipinski definition) is 6. The minimum atomic E-state index is -0.760. The maximum Gasteiger partial charge on any atom is 0.338 e. The second-order valence-corrected chi connectivity index (χ2v) is 7.63. The number of aliphatic hydroxyl groups is 1. The average molecular weight is 445 g/mol. The number of carbonyl (C=O) groups excluding carboxylic acids is 3. The molecule has 1 unspecified atom stereocenters. The highest BCUT2D eigenvalue weighted by Crippen LogP contribution is 2.38. The first-order valence-electron chi connectivity index (χ1n) is 10.6. The first-order chi connectivity index (χ1) is 15.9. The molecule has 1 aliphatic heterocycles. The van der Waals surface area contributed by atoms with Gasteiger partial charge >= 0.3 is 5.97 Å². The topological polar surface area (TPSA) is 93.1 Å². The normalized spacial score (nSPS) is 13.7. The van der Waals surface area contributed by atoms with Crippen LogP contribution in [0.3, 0.4) is 0 Å². The lowest BCUT2D eigenvalue weighted by Crippen LogP contribution is -2.29. The van der Waals surface area contributed by atoms with Gasteiger partial charge in [-0.25, -0.2) is 9.69 Å². The van der Waals surface area contributed by atoms with Crippen LogP contribution in [0.5, 0.6) is 5.75 Å². The number of rotatable bonds is 8. The largest absolute Gasteiger partial charge is 0.487 e. The lowest BCUT2D eigenvalue weighted by atomic mass is 10.1. The van der Waals surface area contributed by atoms with E-state index >= 15 is 0 Å². The van der Waals surface area contributed by atoms with Gasteiger partial charge in [-0.2, -0.15) is 0 Å². The van der Waals surface area contributed by atoms with E-state index in [1.165, 1.54) is 18.2 Å². The van der Waals surface area contributed by atoms with Crippen LogP contribution in [0.1, 0.15) is 44.4 Å². The standard InChI is InChI=1S/C26H23NO6/c1-3-11-32-23-14-17-8-6-5-7-16(17)13-22(23)27-24(29)20-10-9-18(12-21(20)25(27)30)26(31)33-15-19(28)4-2/h3,5-10,12-14,19,28H,1,4,11,15H2,2H3. The van der Waals surface area contributed by atoms with Crippen LogP contribution in [0.25, 0.3) is 10.8 Å². The fourth-order valence-corrected chi connectivity index (χ4v) is 3.61. The molecule has 0 aliphatic carbocycles. The Bertz CT molecular complexity index is 1260. The van der Waals surface area contributed by atoms with Gasteiger partial charge in [-0.05, 0) is 47.5 Å². The smallest absolute Gasteiger partial charge is 0.338 e. The summed E-state index contributed by atoms with van der Waals surface area (Å²) < 4.78 is 10.9. The molecule has 1 aliphatic rings. The highest BCUT2D eigenvalue weighted by molar-refractivity contribution is 6.35. The predicted octanol–water partition coefficient (Wildman–Crippen LogP) is 4.13. The molecule has 3 aromatic carbocycles. The zero-order valence-corrected chi connectivity index (χ0v) is 18.1. The highest BCUT2D eigenvalue weighted by Gasteiger charge is 2.39. The Balaban J connectivity index is 1.70. The van der Waals surface area contributed by atoms with Crippen LogP contribution in [0.2, 0.25) is 0 Å². The Kier molecular flexibility index (Phi) is 6.24. The van der Waals surface area contributed by atoms with Crippen molar-refractivity contribution in [2.75, 3.05) is 18.1 Å². The zero-order valence-electron chi connectivity index (χ0n) is 18.1. The van der Waals surface area contributed by atoms with E-state index in [-0.39, 0.29) is 29.9 Å². The van der Waals surface area contributed by atoms with Crippen molar-refractivity contribution in [1.82, 2.24) is 0 Å². The minimum absolute atomic E-state index is 0.105. The van der Waals surface area contributed by atoms with E-state index in [0.29, 0.717) is 17.9 Å². The number of anilines is 1. The Labute approximate surface area is 190 Å². The molecular formula is C26H23NO6. The lowest BCUT2D eigenvalue weighted by molar-refractivity contribution is 0.0250. The van der Waals surface area contributed by atoms with Gasteiger partial charge in [-0.1, -0.05) is 43.8 Å². The van der Waals surface area contributed by atoms with Crippen LogP contribution < -0.4 is 9.64 Å². The van der Waals surface area contributed by atoms with Crippen LogP contribution in [-0.2, 0) is 4.74 Å². The van der Waals surface area contributed by atoms with Crippen molar-refractivity contribution in [3.05, 3.63) is 83.9 Å². The number of benzene rings is 3. The third-order valence-electron chi connectivity index (χ3n) is 5.43. The van der Waals surface area contributed by atoms with Crippen LogP contribution in [-0.4, -0.2) is 42.2 Å². The van der Waals surface area contributed by atoms with E-state index in [0.717, 1.165) is 15.7 Å². The van der Waals surface area contributed by atoms with E-state index in [4.69, 9.17) is 9.47 Å². The Morgan fingerprint density at radius 1 is 1.06 bits per heavy atom. The molecule has 0 bridgehead atoms. The number of nitrogens with zero attached hydrogens (tertiary/aromatic N) is 1. The van der Waals surface area contributed by atoms with Crippen LogP contribution >= 0.6 is 0 Å². The molecule has 4 rings (SSSR count). The molecular weight excluding hydrogens is 422 g/mol. The number of imide groups is 1. The molecule has 0 aromatic heterocycles. The monoisotopic (exact) mass is 445 g/mol. The number of aliphatic hydroxyl groups excluding tert-OH is 1. The molecule has 0 radical (unpaired) electrons. The van der Waals surface area contributed by atoms with Gasteiger partial charge in [0.15, 0.2) is 0 Å². The second kappa shape index (κ2) is 9.26. The maximum atomic E-state index is 13.3. The summed E-state index contributed by atoms with van der Waals surface area (Å²) in [4.78, 5) is 39.9. The first kappa shape index (κ1) is 22.2. The SMILES string of the molecule is C=CCOc1cc2ccccc2cc1N1C(=O)c2ccc(C(=O)OCC(O)CC)cc2C1=O. The molecule has 1 N–H and O–H groups in total. The van der Waals surface area contributed by atoms with Crippen molar-refractivity contribution in [3.63, 3.8) is 0 Å². The summed E-state index contributed by atoms with van der Waals surface area (Å²) in [6.07, 6.45) is 1.26. The molecule has 0 fully saturated rings. The molecule has 7 nitrogen and oxygen atoms in total. The summed E-state index contributed by atoms with van der Waals surface area (Å²) in [5.74, 6) is -1.37. The van der Waals surface area contributed by atoms with Gasteiger partial charge in [0.1, 0.15) is 19.0 Å². The summed E-state index contributed by atoms with van der Waals surface area (Å²) in [5, 5.41) is 11.3. The summed E-state index contributed by atoms with van der Waals surface area (Å²) in [6, 6.07) is 15.3. The van der Waals surface area contributed by atoms with Crippen LogP contribution in [0.15, 0.2) is 67.3 Å². The van der Waals surface area contributed by atoms with Gasteiger partial charge < -0.3 is 14.6 Å². The zero-order chi connectivity index (χ0) is 23.5. The number of hydrogen-bond donors (Lipinski definition) is 1. The highest BCUT2D eigenvalue weighted by atomic mass is 16.5. The molecule has 2 amide bonds. The van der Waals surface area contributed by atoms with Gasteiger partial charge in [0, 0.05) is 0 Å². The van der Waals surface area contributed by atoms with Crippen molar-refractivity contribution in [1.29, 1.82) is 0 Å². The number of esters is 1. The van der Waals surface area contributed by atoms with Gasteiger partial charge in [-0.15, -0.1) is 0 Å². The number of fused-ring (bicyclic) bond motifs is 2. The number of carbonyl (C=O) groups is 3. The second-order valence-electron chi connectivity index (χ2n) is 7.63. The van der Waals surface area contributed by atoms with Crippen LogP contribution in [0.4, 0.5) is 5.69 Å². The van der Waals surface area contributed by atoms with Crippen molar-refractivity contribution in [2.24, 2.45) is 0 Å². The van der Waals surface area contributed by atoms with E-state index in [9.17, 15) is 19.5 Å². The Morgan fingerprint density at radius 2 is 1.76 bits per heavy atom. The fourth-order valence-electron chi connectivity index (χ4n) is 3.61. The molecule has 0 saturated heterocycles. The third-order valence-corrected chi connectivity index (χ3v) is 5.43. The molecule has 3 aromatic rings. The quantitative estimate of drug-likeness (QED) is 0.318. The van der Waals surface area contributed by atoms with Crippen molar-refractivity contribution < 1.29 is 29.0 Å². The molecule has 1 heterocycles.